The van der Waals surface area contributed by atoms with Gasteiger partial charge >= 0.3 is 5.97 Å². The van der Waals surface area contributed by atoms with Crippen LogP contribution in [0.5, 0.6) is 0 Å². The summed E-state index contributed by atoms with van der Waals surface area (Å²) in [4.78, 5) is 23.6. The lowest BCUT2D eigenvalue weighted by Gasteiger charge is -2.07. The monoisotopic (exact) mass is 373 g/mol. The number of ether oxygens (including phenoxy) is 1. The van der Waals surface area contributed by atoms with E-state index in [1.165, 1.54) is 23.9 Å². The molecule has 0 saturated heterocycles. The van der Waals surface area contributed by atoms with Crippen molar-refractivity contribution < 1.29 is 18.5 Å². The summed E-state index contributed by atoms with van der Waals surface area (Å²) in [6.45, 7) is 2.09. The Morgan fingerprint density at radius 2 is 2.00 bits per heavy atom. The first-order chi connectivity index (χ1) is 9.70. The summed E-state index contributed by atoms with van der Waals surface area (Å²) < 4.78 is 15.5. The van der Waals surface area contributed by atoms with Gasteiger partial charge in [-0.1, -0.05) is 41.7 Å². The molecule has 0 bridgehead atoms. The van der Waals surface area contributed by atoms with Crippen LogP contribution < -0.4 is 0 Å². The van der Waals surface area contributed by atoms with E-state index in [1.807, 2.05) is 0 Å². The first-order valence-electron chi connectivity index (χ1n) is 5.95. The van der Waals surface area contributed by atoms with Crippen molar-refractivity contribution in [1.82, 2.24) is 4.57 Å². The van der Waals surface area contributed by atoms with Crippen LogP contribution in [0.1, 0.15) is 27.8 Å². The van der Waals surface area contributed by atoms with Gasteiger partial charge in [-0.15, -0.1) is 0 Å². The van der Waals surface area contributed by atoms with E-state index in [2.05, 4.69) is 4.74 Å². The van der Waals surface area contributed by atoms with Gasteiger partial charge in [0.1, 0.15) is 5.69 Å². The highest BCUT2D eigenvalue weighted by molar-refractivity contribution is 7.84. The first-order valence-corrected chi connectivity index (χ1v) is 8.57. The highest BCUT2D eigenvalue weighted by Gasteiger charge is 2.33. The van der Waals surface area contributed by atoms with Crippen LogP contribution in [0.2, 0.25) is 0 Å². The average Bonchev–Trinajstić information content (AvgIpc) is 2.85. The van der Waals surface area contributed by atoms with E-state index >= 15 is 0 Å². The molecule has 5 nitrogen and oxygen atoms in total. The van der Waals surface area contributed by atoms with Crippen LogP contribution in [0, 0.1) is 0 Å². The van der Waals surface area contributed by atoms with Crippen LogP contribution >= 0.6 is 34.8 Å². The molecule has 0 N–H and O–H groups in total. The molecule has 1 aromatic rings. The van der Waals surface area contributed by atoms with Gasteiger partial charge in [0, 0.05) is 40.6 Å². The predicted molar refractivity (Wildman–Crippen MR) is 83.9 cm³/mol. The lowest BCUT2D eigenvalue weighted by molar-refractivity contribution is 0.0588. The zero-order valence-electron chi connectivity index (χ0n) is 11.4. The third-order valence-electron chi connectivity index (χ3n) is 2.69. The maximum atomic E-state index is 11.9. The number of alkyl halides is 3. The number of halogens is 3. The maximum Gasteiger partial charge on any atom is 0.354 e. The highest BCUT2D eigenvalue weighted by Crippen LogP contribution is 2.31. The molecule has 1 unspecified atom stereocenters. The number of carbonyl (C=O) groups is 2. The number of Topliss-reactive ketones (excluding diaryl/α,β-unsaturated/α-hetero) is 1. The van der Waals surface area contributed by atoms with Crippen molar-refractivity contribution in [1.29, 1.82) is 0 Å². The molecule has 1 rings (SSSR count). The molecule has 0 aliphatic heterocycles. The van der Waals surface area contributed by atoms with Gasteiger partial charge in [0.05, 0.1) is 7.11 Å². The fourth-order valence-electron chi connectivity index (χ4n) is 1.60. The maximum absolute atomic E-state index is 11.9. The van der Waals surface area contributed by atoms with Crippen molar-refractivity contribution in [3.63, 3.8) is 0 Å². The Morgan fingerprint density at radius 3 is 2.48 bits per heavy atom. The van der Waals surface area contributed by atoms with Crippen molar-refractivity contribution in [2.24, 2.45) is 0 Å². The molecule has 0 spiro atoms. The van der Waals surface area contributed by atoms with Gasteiger partial charge in [-0.25, -0.2) is 4.79 Å². The van der Waals surface area contributed by atoms with Crippen LogP contribution in [0.25, 0.3) is 0 Å². The molecule has 1 aromatic heterocycles. The molecular formula is C12H14Cl3NO4S. The smallest absolute Gasteiger partial charge is 0.354 e. The van der Waals surface area contributed by atoms with E-state index in [1.54, 1.807) is 6.92 Å². The van der Waals surface area contributed by atoms with E-state index in [-0.39, 0.29) is 17.8 Å². The van der Waals surface area contributed by atoms with Gasteiger partial charge in [-0.2, -0.15) is 0 Å². The number of aromatic nitrogens is 1. The number of rotatable bonds is 6. The van der Waals surface area contributed by atoms with Crippen molar-refractivity contribution in [3.8, 4) is 0 Å². The van der Waals surface area contributed by atoms with Crippen LogP contribution in [-0.2, 0) is 22.1 Å². The SMILES string of the molecule is CCS(=O)CCn1cc(C(=O)C(Cl)(Cl)Cl)cc1C(=O)OC. The molecule has 0 aliphatic carbocycles. The molecule has 0 fully saturated rings. The molecule has 0 radical (unpaired) electrons. The zero-order chi connectivity index (χ0) is 16.2. The Labute approximate surface area is 139 Å². The summed E-state index contributed by atoms with van der Waals surface area (Å²) in [6, 6.07) is 1.30. The second-order valence-electron chi connectivity index (χ2n) is 4.06. The summed E-state index contributed by atoms with van der Waals surface area (Å²) in [5.74, 6) is -0.514. The van der Waals surface area contributed by atoms with Gasteiger partial charge < -0.3 is 9.30 Å². The van der Waals surface area contributed by atoms with Crippen LogP contribution in [0.3, 0.4) is 0 Å². The zero-order valence-corrected chi connectivity index (χ0v) is 14.5. The molecule has 0 aliphatic rings. The highest BCUT2D eigenvalue weighted by atomic mass is 35.6. The molecule has 21 heavy (non-hydrogen) atoms. The molecule has 1 heterocycles. The number of esters is 1. The minimum Gasteiger partial charge on any atom is -0.464 e. The quantitative estimate of drug-likeness (QED) is 0.436. The standard InChI is InChI=1S/C12H14Cl3NO4S/c1-3-21(19)5-4-16-7-8(10(17)12(13,14)15)6-9(16)11(18)20-2/h6-7H,3-5H2,1-2H3. The van der Waals surface area contributed by atoms with Crippen LogP contribution in [-0.4, -0.2) is 42.9 Å². The number of hydrogen-bond donors (Lipinski definition) is 0. The Bertz CT molecular complexity index is 565. The van der Waals surface area contributed by atoms with Crippen LogP contribution in [0.15, 0.2) is 12.3 Å². The Kier molecular flexibility index (Phi) is 6.71. The van der Waals surface area contributed by atoms with Gasteiger partial charge in [0.2, 0.25) is 5.78 Å². The normalized spacial score (nSPS) is 13.0. The Balaban J connectivity index is 3.10. The summed E-state index contributed by atoms with van der Waals surface area (Å²) in [5.41, 5.74) is 0.223. The molecule has 9 heteroatoms. The van der Waals surface area contributed by atoms with Gasteiger partial charge in [0.25, 0.3) is 3.79 Å². The van der Waals surface area contributed by atoms with Crippen molar-refractivity contribution in [2.75, 3.05) is 18.6 Å². The fraction of sp³-hybridized carbons (Fsp3) is 0.500. The minimum absolute atomic E-state index is 0.0812. The van der Waals surface area contributed by atoms with E-state index < -0.39 is 26.3 Å². The van der Waals surface area contributed by atoms with E-state index in [9.17, 15) is 13.8 Å². The number of methoxy groups -OCH3 is 1. The van der Waals surface area contributed by atoms with Gasteiger partial charge in [-0.3, -0.25) is 9.00 Å². The average molecular weight is 375 g/mol. The Morgan fingerprint density at radius 1 is 1.38 bits per heavy atom. The second kappa shape index (κ2) is 7.63. The summed E-state index contributed by atoms with van der Waals surface area (Å²) >= 11 is 16.7. The van der Waals surface area contributed by atoms with Crippen molar-refractivity contribution >= 4 is 57.4 Å². The van der Waals surface area contributed by atoms with Gasteiger partial charge in [0.15, 0.2) is 0 Å². The number of aryl methyl sites for hydroxylation is 1. The van der Waals surface area contributed by atoms with Crippen LogP contribution in [0.4, 0.5) is 0 Å². The summed E-state index contributed by atoms with van der Waals surface area (Å²) in [5, 5.41) is 0. The summed E-state index contributed by atoms with van der Waals surface area (Å²) in [6.07, 6.45) is 1.39. The van der Waals surface area contributed by atoms with Crippen molar-refractivity contribution in [2.45, 2.75) is 17.3 Å². The van der Waals surface area contributed by atoms with Crippen molar-refractivity contribution in [3.05, 3.63) is 23.5 Å². The van der Waals surface area contributed by atoms with E-state index in [0.717, 1.165) is 0 Å². The largest absolute Gasteiger partial charge is 0.464 e. The molecule has 0 aromatic carbocycles. The number of nitrogens with zero attached hydrogens (tertiary/aromatic N) is 1. The van der Waals surface area contributed by atoms with E-state index in [4.69, 9.17) is 34.8 Å². The second-order valence-corrected chi connectivity index (χ2v) is 8.20. The number of hydrogen-bond acceptors (Lipinski definition) is 4. The predicted octanol–water partition coefficient (Wildman–Crippen LogP) is 2.60. The fourth-order valence-corrected chi connectivity index (χ4v) is 2.62. The lowest BCUT2D eigenvalue weighted by atomic mass is 10.2. The van der Waals surface area contributed by atoms with Gasteiger partial charge in [-0.05, 0) is 6.07 Å². The molecule has 118 valence electrons. The Hall–Kier alpha value is -0.560. The summed E-state index contributed by atoms with van der Waals surface area (Å²) in [7, 11) is 0.217. The lowest BCUT2D eigenvalue weighted by Crippen LogP contribution is -2.18. The third kappa shape index (κ3) is 4.98. The minimum atomic E-state index is -2.11. The van der Waals surface area contributed by atoms with E-state index in [0.29, 0.717) is 11.5 Å². The molecule has 0 amide bonds. The molecular weight excluding hydrogens is 361 g/mol. The topological polar surface area (TPSA) is 65.4 Å². The third-order valence-corrected chi connectivity index (χ3v) is 4.49. The molecule has 1 atom stereocenters. The number of ketones is 1. The molecule has 0 saturated carbocycles. The first kappa shape index (κ1) is 18.5. The number of carbonyl (C=O) groups excluding carboxylic acids is 2.